The molecule has 2 atom stereocenters. The molecule has 38 heavy (non-hydrogen) atoms. The smallest absolute Gasteiger partial charge is 0.243 e. The highest BCUT2D eigenvalue weighted by Crippen LogP contribution is 2.28. The lowest BCUT2D eigenvalue weighted by atomic mass is 10.1. The van der Waals surface area contributed by atoms with E-state index in [2.05, 4.69) is 5.32 Å². The van der Waals surface area contributed by atoms with E-state index in [0.29, 0.717) is 27.7 Å². The number of nitrogens with zero attached hydrogens (tertiary/aromatic N) is 2. The van der Waals surface area contributed by atoms with E-state index < -0.39 is 16.1 Å². The molecule has 0 heterocycles. The average molecular weight is 585 g/mol. The van der Waals surface area contributed by atoms with E-state index in [1.165, 1.54) is 9.21 Å². The Morgan fingerprint density at radius 1 is 1.00 bits per heavy atom. The molecule has 1 N–H and O–H groups in total. The highest BCUT2D eigenvalue weighted by molar-refractivity contribution is 7.92. The first-order valence-corrected chi connectivity index (χ1v) is 15.5. The zero-order valence-corrected chi connectivity index (χ0v) is 25.4. The van der Waals surface area contributed by atoms with Gasteiger partial charge in [0.1, 0.15) is 6.04 Å². The molecule has 0 aliphatic carbocycles. The maximum absolute atomic E-state index is 13.6. The van der Waals surface area contributed by atoms with Crippen LogP contribution >= 0.6 is 23.2 Å². The Kier molecular flexibility index (Phi) is 11.9. The number of aryl methyl sites for hydroxylation is 2. The maximum Gasteiger partial charge on any atom is 0.243 e. The van der Waals surface area contributed by atoms with Crippen LogP contribution in [0.5, 0.6) is 0 Å². The standard InChI is InChI=1S/C28H39Cl2N3O4S/c1-7-21(5)31-28(35)26(8-2)32(18-23-24(29)11-9-12-25(23)30)27(34)13-10-16-33(38(6,36)37)22-15-14-19(3)20(4)17-22/h9,11-12,14-15,17,21,26H,7-8,10,13,16,18H2,1-6H3,(H,31,35)/t21-,26+/m1/s1. The summed E-state index contributed by atoms with van der Waals surface area (Å²) in [6.07, 6.45) is 2.63. The van der Waals surface area contributed by atoms with Gasteiger partial charge in [0, 0.05) is 41.2 Å². The zero-order chi connectivity index (χ0) is 28.6. The van der Waals surface area contributed by atoms with E-state index in [0.717, 1.165) is 23.8 Å². The molecule has 0 radical (unpaired) electrons. The topological polar surface area (TPSA) is 86.8 Å². The minimum absolute atomic E-state index is 0.0429. The lowest BCUT2D eigenvalue weighted by molar-refractivity contribution is -0.141. The van der Waals surface area contributed by atoms with Gasteiger partial charge in [0.2, 0.25) is 21.8 Å². The number of nitrogens with one attached hydrogen (secondary N) is 1. The molecule has 2 aromatic rings. The van der Waals surface area contributed by atoms with Gasteiger partial charge in [0.25, 0.3) is 0 Å². The van der Waals surface area contributed by atoms with Crippen LogP contribution in [0.25, 0.3) is 0 Å². The van der Waals surface area contributed by atoms with Crippen LogP contribution in [0.3, 0.4) is 0 Å². The number of anilines is 1. The third-order valence-corrected chi connectivity index (χ3v) is 8.61. The van der Waals surface area contributed by atoms with Crippen LogP contribution in [0.4, 0.5) is 5.69 Å². The summed E-state index contributed by atoms with van der Waals surface area (Å²) in [6.45, 7) is 9.82. The summed E-state index contributed by atoms with van der Waals surface area (Å²) in [7, 11) is -3.57. The summed E-state index contributed by atoms with van der Waals surface area (Å²) in [5.41, 5.74) is 3.16. The van der Waals surface area contributed by atoms with Gasteiger partial charge in [-0.15, -0.1) is 0 Å². The lowest BCUT2D eigenvalue weighted by Gasteiger charge is -2.32. The average Bonchev–Trinajstić information content (AvgIpc) is 2.84. The van der Waals surface area contributed by atoms with Gasteiger partial charge in [-0.2, -0.15) is 0 Å². The Labute approximate surface area is 237 Å². The van der Waals surface area contributed by atoms with Gasteiger partial charge in [-0.3, -0.25) is 13.9 Å². The zero-order valence-electron chi connectivity index (χ0n) is 23.1. The van der Waals surface area contributed by atoms with Crippen molar-refractivity contribution in [2.45, 2.75) is 78.9 Å². The van der Waals surface area contributed by atoms with E-state index in [1.54, 1.807) is 24.3 Å². The van der Waals surface area contributed by atoms with Crippen molar-refractivity contribution >= 4 is 50.7 Å². The molecular weight excluding hydrogens is 545 g/mol. The molecule has 0 saturated carbocycles. The Morgan fingerprint density at radius 2 is 1.63 bits per heavy atom. The van der Waals surface area contributed by atoms with Crippen LogP contribution < -0.4 is 9.62 Å². The highest BCUT2D eigenvalue weighted by Gasteiger charge is 2.30. The molecule has 2 aromatic carbocycles. The normalized spacial score (nSPS) is 13.1. The fraction of sp³-hybridized carbons (Fsp3) is 0.500. The summed E-state index contributed by atoms with van der Waals surface area (Å²) in [6, 6.07) is 9.82. The van der Waals surface area contributed by atoms with Gasteiger partial charge in [-0.05, 0) is 75.4 Å². The summed E-state index contributed by atoms with van der Waals surface area (Å²) < 4.78 is 26.5. The molecule has 0 aromatic heterocycles. The molecule has 2 amide bonds. The summed E-state index contributed by atoms with van der Waals surface area (Å²) >= 11 is 12.8. The fourth-order valence-electron chi connectivity index (χ4n) is 4.10. The number of carbonyl (C=O) groups is 2. The van der Waals surface area contributed by atoms with Gasteiger partial charge in [0.05, 0.1) is 11.9 Å². The number of hydrogen-bond acceptors (Lipinski definition) is 4. The fourth-order valence-corrected chi connectivity index (χ4v) is 5.57. The quantitative estimate of drug-likeness (QED) is 0.319. The molecular formula is C28H39Cl2N3O4S. The van der Waals surface area contributed by atoms with E-state index >= 15 is 0 Å². The van der Waals surface area contributed by atoms with Gasteiger partial charge in [-0.1, -0.05) is 49.2 Å². The van der Waals surface area contributed by atoms with Crippen molar-refractivity contribution in [2.24, 2.45) is 0 Å². The van der Waals surface area contributed by atoms with E-state index in [-0.39, 0.29) is 43.8 Å². The Hall–Kier alpha value is -2.29. The summed E-state index contributed by atoms with van der Waals surface area (Å²) in [4.78, 5) is 28.2. The number of rotatable bonds is 13. The number of benzene rings is 2. The second kappa shape index (κ2) is 14.2. The van der Waals surface area contributed by atoms with Crippen molar-refractivity contribution in [3.8, 4) is 0 Å². The molecule has 0 spiro atoms. The largest absolute Gasteiger partial charge is 0.352 e. The Balaban J connectivity index is 2.30. The van der Waals surface area contributed by atoms with Crippen molar-refractivity contribution in [3.05, 3.63) is 63.1 Å². The van der Waals surface area contributed by atoms with Gasteiger partial charge >= 0.3 is 0 Å². The van der Waals surface area contributed by atoms with Gasteiger partial charge in [0.15, 0.2) is 0 Å². The van der Waals surface area contributed by atoms with E-state index in [4.69, 9.17) is 23.2 Å². The number of hydrogen-bond donors (Lipinski definition) is 1. The first-order chi connectivity index (χ1) is 17.8. The van der Waals surface area contributed by atoms with Crippen LogP contribution in [-0.4, -0.2) is 50.0 Å². The van der Waals surface area contributed by atoms with Crippen molar-refractivity contribution in [3.63, 3.8) is 0 Å². The number of amides is 2. The van der Waals surface area contributed by atoms with Crippen LogP contribution in [0, 0.1) is 13.8 Å². The first kappa shape index (κ1) is 31.9. The molecule has 0 saturated heterocycles. The second-order valence-electron chi connectivity index (χ2n) is 9.67. The molecule has 0 aliphatic heterocycles. The SMILES string of the molecule is CC[C@@H](C)NC(=O)[C@H](CC)N(Cc1c(Cl)cccc1Cl)C(=O)CCCN(c1ccc(C)c(C)c1)S(C)(=O)=O. The molecule has 0 unspecified atom stereocenters. The third kappa shape index (κ3) is 8.61. The number of halogens is 2. The van der Waals surface area contributed by atoms with Crippen LogP contribution in [0.1, 0.15) is 63.1 Å². The third-order valence-electron chi connectivity index (χ3n) is 6.71. The monoisotopic (exact) mass is 583 g/mol. The lowest BCUT2D eigenvalue weighted by Crippen LogP contribution is -2.50. The summed E-state index contributed by atoms with van der Waals surface area (Å²) in [5.74, 6) is -0.521. The summed E-state index contributed by atoms with van der Waals surface area (Å²) in [5, 5.41) is 3.79. The Bertz CT molecular complexity index is 1220. The van der Waals surface area contributed by atoms with Gasteiger partial charge in [-0.25, -0.2) is 8.42 Å². The minimum atomic E-state index is -3.57. The van der Waals surface area contributed by atoms with Crippen molar-refractivity contribution < 1.29 is 18.0 Å². The van der Waals surface area contributed by atoms with Crippen molar-refractivity contribution in [1.82, 2.24) is 10.2 Å². The van der Waals surface area contributed by atoms with Crippen molar-refractivity contribution in [1.29, 1.82) is 0 Å². The Morgan fingerprint density at radius 3 is 2.16 bits per heavy atom. The predicted molar refractivity (Wildman–Crippen MR) is 156 cm³/mol. The van der Waals surface area contributed by atoms with Crippen LogP contribution in [-0.2, 0) is 26.2 Å². The maximum atomic E-state index is 13.6. The molecule has 2 rings (SSSR count). The van der Waals surface area contributed by atoms with E-state index in [1.807, 2.05) is 46.8 Å². The second-order valence-corrected chi connectivity index (χ2v) is 12.4. The first-order valence-electron chi connectivity index (χ1n) is 12.9. The highest BCUT2D eigenvalue weighted by atomic mass is 35.5. The van der Waals surface area contributed by atoms with Crippen LogP contribution in [0.15, 0.2) is 36.4 Å². The number of carbonyl (C=O) groups excluding carboxylic acids is 2. The molecule has 10 heteroatoms. The molecule has 0 aliphatic rings. The molecule has 0 fully saturated rings. The molecule has 0 bridgehead atoms. The molecule has 210 valence electrons. The van der Waals surface area contributed by atoms with Gasteiger partial charge < -0.3 is 10.2 Å². The van der Waals surface area contributed by atoms with Crippen LogP contribution in [0.2, 0.25) is 10.0 Å². The minimum Gasteiger partial charge on any atom is -0.352 e. The van der Waals surface area contributed by atoms with E-state index in [9.17, 15) is 18.0 Å². The predicted octanol–water partition coefficient (Wildman–Crippen LogP) is 5.88. The molecule has 7 nitrogen and oxygen atoms in total. The number of sulfonamides is 1. The van der Waals surface area contributed by atoms with Crippen molar-refractivity contribution in [2.75, 3.05) is 17.1 Å².